The van der Waals surface area contributed by atoms with Gasteiger partial charge >= 0.3 is 18.2 Å². The Kier molecular flexibility index (Phi) is 10.1. The van der Waals surface area contributed by atoms with Crippen molar-refractivity contribution < 1.29 is 37.4 Å². The summed E-state index contributed by atoms with van der Waals surface area (Å²) in [5.41, 5.74) is -0.215. The van der Waals surface area contributed by atoms with E-state index in [1.165, 1.54) is 29.0 Å². The largest absolute Gasteiger partial charge is 0.485 e. The van der Waals surface area contributed by atoms with Crippen LogP contribution in [0.2, 0.25) is 0 Å². The van der Waals surface area contributed by atoms with Gasteiger partial charge in [-0.1, -0.05) is 13.0 Å². The van der Waals surface area contributed by atoms with Crippen molar-refractivity contribution in [1.82, 2.24) is 15.1 Å². The molecule has 1 aliphatic rings. The van der Waals surface area contributed by atoms with Gasteiger partial charge in [0.25, 0.3) is 5.91 Å². The fraction of sp³-hybridized carbons (Fsp3) is 0.464. The molecule has 0 aromatic heterocycles. The third-order valence-corrected chi connectivity index (χ3v) is 6.62. The highest BCUT2D eigenvalue weighted by molar-refractivity contribution is 6.01. The van der Waals surface area contributed by atoms with Crippen LogP contribution in [0, 0.1) is 5.92 Å². The van der Waals surface area contributed by atoms with E-state index in [4.69, 9.17) is 4.74 Å². The number of carbonyl (C=O) groups excluding carboxylic acids is 3. The minimum Gasteiger partial charge on any atom is -0.485 e. The number of anilines is 2. The molecule has 0 aliphatic carbocycles. The quantitative estimate of drug-likeness (QED) is 0.381. The molecule has 224 valence electrons. The van der Waals surface area contributed by atoms with E-state index in [0.717, 1.165) is 12.1 Å². The van der Waals surface area contributed by atoms with Crippen molar-refractivity contribution in [1.29, 1.82) is 0 Å². The van der Waals surface area contributed by atoms with E-state index in [1.54, 1.807) is 39.0 Å². The molecule has 5 amide bonds. The molecule has 0 bridgehead atoms. The molecule has 13 heteroatoms. The van der Waals surface area contributed by atoms with Crippen LogP contribution in [0.1, 0.15) is 43.6 Å². The summed E-state index contributed by atoms with van der Waals surface area (Å²) in [5, 5.41) is 17.8. The highest BCUT2D eigenvalue weighted by atomic mass is 19.4. The maximum Gasteiger partial charge on any atom is 0.416 e. The lowest BCUT2D eigenvalue weighted by molar-refractivity contribution is -0.137. The Labute approximate surface area is 236 Å². The van der Waals surface area contributed by atoms with Crippen molar-refractivity contribution in [2.45, 2.75) is 52.1 Å². The maximum absolute atomic E-state index is 13.5. The lowest BCUT2D eigenvalue weighted by Gasteiger charge is -2.38. The average Bonchev–Trinajstić information content (AvgIpc) is 2.89. The number of nitrogens with one attached hydrogen (secondary N) is 3. The van der Waals surface area contributed by atoms with Crippen molar-refractivity contribution in [3.8, 4) is 5.75 Å². The molecule has 0 radical (unpaired) electrons. The standard InChI is InChI=1S/C28H36F3N5O5/c1-16(2)32-26(39)34-22-8-6-7-21-24(22)41-23(17(3)13-36(25(21)38)18(4)15-37)14-35(5)27(40)33-20-11-9-19(10-12-20)28(29,30)31/h6-12,16-18,23,37H,13-15H2,1-5H3,(H,33,40)(H2,32,34,39)/t17-,18-,23+/m1/s1. The van der Waals surface area contributed by atoms with Gasteiger partial charge in [-0.2, -0.15) is 13.2 Å². The zero-order chi connectivity index (χ0) is 30.5. The number of nitrogens with zero attached hydrogens (tertiary/aromatic N) is 2. The zero-order valence-corrected chi connectivity index (χ0v) is 23.6. The molecule has 0 saturated carbocycles. The highest BCUT2D eigenvalue weighted by Crippen LogP contribution is 2.35. The fourth-order valence-corrected chi connectivity index (χ4v) is 4.29. The van der Waals surface area contributed by atoms with Crippen LogP contribution < -0.4 is 20.7 Å². The van der Waals surface area contributed by atoms with Crippen molar-refractivity contribution in [3.05, 3.63) is 53.6 Å². The lowest BCUT2D eigenvalue weighted by atomic mass is 9.99. The van der Waals surface area contributed by atoms with E-state index in [0.29, 0.717) is 0 Å². The molecular weight excluding hydrogens is 543 g/mol. The summed E-state index contributed by atoms with van der Waals surface area (Å²) in [6.07, 6.45) is -5.16. The number of hydrogen-bond donors (Lipinski definition) is 4. The normalized spacial score (nSPS) is 18.0. The predicted octanol–water partition coefficient (Wildman–Crippen LogP) is 4.62. The third kappa shape index (κ3) is 8.03. The van der Waals surface area contributed by atoms with Crippen LogP contribution in [0.5, 0.6) is 5.75 Å². The summed E-state index contributed by atoms with van der Waals surface area (Å²) in [7, 11) is 1.51. The maximum atomic E-state index is 13.5. The highest BCUT2D eigenvalue weighted by Gasteiger charge is 2.35. The first-order valence-corrected chi connectivity index (χ1v) is 13.2. The summed E-state index contributed by atoms with van der Waals surface area (Å²) in [4.78, 5) is 41.8. The lowest BCUT2D eigenvalue weighted by Crippen LogP contribution is -2.50. The number of halogens is 3. The van der Waals surface area contributed by atoms with Crippen LogP contribution >= 0.6 is 0 Å². The van der Waals surface area contributed by atoms with Gasteiger partial charge in [-0.15, -0.1) is 0 Å². The number of alkyl halides is 3. The minimum atomic E-state index is -4.49. The van der Waals surface area contributed by atoms with Gasteiger partial charge in [0.2, 0.25) is 0 Å². The first kappa shape index (κ1) is 31.5. The SMILES string of the molecule is CC(C)NC(=O)Nc1cccc2c1O[C@@H](CN(C)C(=O)Nc1ccc(C(F)(F)F)cc1)[C@H](C)CN([C@H](C)CO)C2=O. The smallest absolute Gasteiger partial charge is 0.416 e. The van der Waals surface area contributed by atoms with Crippen molar-refractivity contribution in [2.75, 3.05) is 37.4 Å². The number of amides is 5. The number of aliphatic hydroxyl groups excluding tert-OH is 1. The Morgan fingerprint density at radius 3 is 2.37 bits per heavy atom. The molecule has 41 heavy (non-hydrogen) atoms. The summed E-state index contributed by atoms with van der Waals surface area (Å²) in [6.45, 7) is 7.12. The van der Waals surface area contributed by atoms with Crippen LogP contribution in [0.25, 0.3) is 0 Å². The molecule has 0 spiro atoms. The molecule has 3 atom stereocenters. The molecule has 0 fully saturated rings. The van der Waals surface area contributed by atoms with Gasteiger partial charge in [-0.05, 0) is 57.2 Å². The number of rotatable bonds is 7. The Balaban J connectivity index is 1.88. The van der Waals surface area contributed by atoms with Crippen LogP contribution in [-0.4, -0.2) is 77.8 Å². The molecule has 1 heterocycles. The number of fused-ring (bicyclic) bond motifs is 1. The minimum absolute atomic E-state index is 0.0368. The number of urea groups is 2. The van der Waals surface area contributed by atoms with E-state index in [2.05, 4.69) is 16.0 Å². The molecule has 0 saturated heterocycles. The molecule has 1 aliphatic heterocycles. The molecular formula is C28H36F3N5O5. The topological polar surface area (TPSA) is 123 Å². The van der Waals surface area contributed by atoms with E-state index in [1.807, 2.05) is 6.92 Å². The third-order valence-electron chi connectivity index (χ3n) is 6.62. The number of para-hydroxylation sites is 1. The second-order valence-electron chi connectivity index (χ2n) is 10.4. The molecule has 2 aromatic rings. The van der Waals surface area contributed by atoms with Gasteiger partial charge in [0, 0.05) is 31.2 Å². The molecule has 0 unspecified atom stereocenters. The Bertz CT molecular complexity index is 1240. The van der Waals surface area contributed by atoms with Crippen LogP contribution in [0.4, 0.5) is 34.1 Å². The summed E-state index contributed by atoms with van der Waals surface area (Å²) >= 11 is 0. The van der Waals surface area contributed by atoms with Crippen LogP contribution in [0.15, 0.2) is 42.5 Å². The molecule has 3 rings (SSSR count). The van der Waals surface area contributed by atoms with Crippen molar-refractivity contribution in [2.24, 2.45) is 5.92 Å². The Hall–Kier alpha value is -4.00. The Morgan fingerprint density at radius 1 is 1.12 bits per heavy atom. The van der Waals surface area contributed by atoms with Crippen LogP contribution in [0.3, 0.4) is 0 Å². The van der Waals surface area contributed by atoms with Gasteiger partial charge in [0.15, 0.2) is 5.75 Å². The Morgan fingerprint density at radius 2 is 1.78 bits per heavy atom. The van der Waals surface area contributed by atoms with Crippen molar-refractivity contribution in [3.63, 3.8) is 0 Å². The van der Waals surface area contributed by atoms with Gasteiger partial charge in [0.05, 0.1) is 36.0 Å². The number of ether oxygens (including phenoxy) is 1. The first-order valence-electron chi connectivity index (χ1n) is 13.2. The monoisotopic (exact) mass is 579 g/mol. The van der Waals surface area contributed by atoms with Gasteiger partial charge in [-0.25, -0.2) is 9.59 Å². The van der Waals surface area contributed by atoms with E-state index in [-0.39, 0.29) is 60.3 Å². The number of hydrogen-bond acceptors (Lipinski definition) is 5. The zero-order valence-electron chi connectivity index (χ0n) is 23.6. The molecule has 4 N–H and O–H groups in total. The number of likely N-dealkylation sites (N-methyl/N-ethyl adjacent to an activating group) is 1. The molecule has 2 aromatic carbocycles. The fourth-order valence-electron chi connectivity index (χ4n) is 4.29. The second-order valence-corrected chi connectivity index (χ2v) is 10.4. The number of aliphatic hydroxyl groups is 1. The first-order chi connectivity index (χ1) is 19.2. The van der Waals surface area contributed by atoms with E-state index < -0.39 is 35.9 Å². The van der Waals surface area contributed by atoms with Gasteiger partial charge in [0.1, 0.15) is 6.10 Å². The number of carbonyl (C=O) groups is 3. The van der Waals surface area contributed by atoms with E-state index >= 15 is 0 Å². The molecule has 10 nitrogen and oxygen atoms in total. The number of benzene rings is 2. The summed E-state index contributed by atoms with van der Waals surface area (Å²) in [6, 6.07) is 7.12. The van der Waals surface area contributed by atoms with E-state index in [9.17, 15) is 32.7 Å². The second kappa shape index (κ2) is 13.1. The van der Waals surface area contributed by atoms with Gasteiger partial charge < -0.3 is 35.6 Å². The van der Waals surface area contributed by atoms with Crippen LogP contribution in [-0.2, 0) is 6.18 Å². The average molecular weight is 580 g/mol. The van der Waals surface area contributed by atoms with Crippen molar-refractivity contribution >= 4 is 29.3 Å². The summed E-state index contributed by atoms with van der Waals surface area (Å²) in [5.74, 6) is -0.590. The summed E-state index contributed by atoms with van der Waals surface area (Å²) < 4.78 is 45.0. The van der Waals surface area contributed by atoms with Gasteiger partial charge in [-0.3, -0.25) is 4.79 Å². The predicted molar refractivity (Wildman–Crippen MR) is 148 cm³/mol.